The minimum absolute atomic E-state index is 0.403. The molecular weight excluding hydrogens is 170 g/mol. The number of nitriles is 1. The molecule has 0 radical (unpaired) electrons. The first-order valence-corrected chi connectivity index (χ1v) is 4.00. The molecule has 0 saturated heterocycles. The second-order valence-corrected chi connectivity index (χ2v) is 2.99. The molecular formula is C5H4ClN3S. The van der Waals surface area contributed by atoms with E-state index in [0.717, 1.165) is 5.01 Å². The Kier molecular flexibility index (Phi) is 2.60. The van der Waals surface area contributed by atoms with Crippen molar-refractivity contribution in [2.45, 2.75) is 6.42 Å². The first-order valence-electron chi connectivity index (χ1n) is 2.65. The minimum atomic E-state index is 0.403. The summed E-state index contributed by atoms with van der Waals surface area (Å²) in [6, 6.07) is 1.91. The summed E-state index contributed by atoms with van der Waals surface area (Å²) in [4.78, 5) is 0. The van der Waals surface area contributed by atoms with Crippen molar-refractivity contribution in [2.75, 3.05) is 5.88 Å². The fourth-order valence-corrected chi connectivity index (χ4v) is 1.41. The van der Waals surface area contributed by atoms with Gasteiger partial charge in [0.1, 0.15) is 11.1 Å². The summed E-state index contributed by atoms with van der Waals surface area (Å²) in [7, 11) is 0. The second-order valence-electron chi connectivity index (χ2n) is 1.55. The number of nitrogens with zero attached hydrogens (tertiary/aromatic N) is 3. The Morgan fingerprint density at radius 3 is 2.90 bits per heavy atom. The number of hydrogen-bond donors (Lipinski definition) is 0. The summed E-state index contributed by atoms with van der Waals surface area (Å²) >= 11 is 6.73. The van der Waals surface area contributed by atoms with Crippen LogP contribution < -0.4 is 0 Å². The molecule has 0 N–H and O–H groups in total. The lowest BCUT2D eigenvalue weighted by Gasteiger charge is -1.81. The van der Waals surface area contributed by atoms with Gasteiger partial charge in [0.25, 0.3) is 0 Å². The molecule has 52 valence electrons. The van der Waals surface area contributed by atoms with Crippen LogP contribution in [0.15, 0.2) is 0 Å². The van der Waals surface area contributed by atoms with E-state index in [1.807, 2.05) is 6.07 Å². The zero-order valence-corrected chi connectivity index (χ0v) is 6.61. The van der Waals surface area contributed by atoms with Gasteiger partial charge in [0.2, 0.25) is 5.01 Å². The molecule has 1 rings (SSSR count). The predicted octanol–water partition coefficient (Wildman–Crippen LogP) is 1.19. The van der Waals surface area contributed by atoms with Crippen molar-refractivity contribution in [3.05, 3.63) is 10.0 Å². The van der Waals surface area contributed by atoms with E-state index >= 15 is 0 Å². The molecule has 0 amide bonds. The Morgan fingerprint density at radius 2 is 2.40 bits per heavy atom. The molecule has 1 aromatic heterocycles. The maximum atomic E-state index is 8.34. The average molecular weight is 174 g/mol. The summed E-state index contributed by atoms with van der Waals surface area (Å²) in [6.45, 7) is 0. The van der Waals surface area contributed by atoms with Gasteiger partial charge in [-0.3, -0.25) is 0 Å². The molecule has 0 aliphatic heterocycles. The smallest absolute Gasteiger partial charge is 0.190 e. The molecule has 0 aliphatic carbocycles. The van der Waals surface area contributed by atoms with E-state index in [4.69, 9.17) is 16.9 Å². The SMILES string of the molecule is N#Cc1nnc(CCCl)s1. The monoisotopic (exact) mass is 173 g/mol. The van der Waals surface area contributed by atoms with Gasteiger partial charge >= 0.3 is 0 Å². The summed E-state index contributed by atoms with van der Waals surface area (Å²) in [5.74, 6) is 0.528. The van der Waals surface area contributed by atoms with Crippen LogP contribution in [0.25, 0.3) is 0 Å². The van der Waals surface area contributed by atoms with E-state index in [-0.39, 0.29) is 0 Å². The van der Waals surface area contributed by atoms with E-state index in [1.165, 1.54) is 11.3 Å². The van der Waals surface area contributed by atoms with Crippen LogP contribution in [0.5, 0.6) is 0 Å². The van der Waals surface area contributed by atoms with Gasteiger partial charge in [-0.05, 0) is 0 Å². The molecule has 0 fully saturated rings. The highest BCUT2D eigenvalue weighted by Crippen LogP contribution is 2.08. The fourth-order valence-electron chi connectivity index (χ4n) is 0.481. The van der Waals surface area contributed by atoms with Crippen molar-refractivity contribution in [1.29, 1.82) is 5.26 Å². The summed E-state index contributed by atoms with van der Waals surface area (Å²) < 4.78 is 0. The molecule has 0 spiro atoms. The third kappa shape index (κ3) is 1.66. The van der Waals surface area contributed by atoms with E-state index in [9.17, 15) is 0 Å². The van der Waals surface area contributed by atoms with Crippen molar-refractivity contribution in [1.82, 2.24) is 10.2 Å². The Bertz CT molecular complexity index is 252. The zero-order chi connectivity index (χ0) is 7.40. The van der Waals surface area contributed by atoms with Crippen LogP contribution in [-0.4, -0.2) is 16.1 Å². The van der Waals surface area contributed by atoms with Crippen molar-refractivity contribution >= 4 is 22.9 Å². The highest BCUT2D eigenvalue weighted by atomic mass is 35.5. The van der Waals surface area contributed by atoms with Crippen molar-refractivity contribution in [3.63, 3.8) is 0 Å². The number of aryl methyl sites for hydroxylation is 1. The predicted molar refractivity (Wildman–Crippen MR) is 39.0 cm³/mol. The maximum absolute atomic E-state index is 8.34. The van der Waals surface area contributed by atoms with Gasteiger partial charge in [-0.15, -0.1) is 21.8 Å². The highest BCUT2D eigenvalue weighted by molar-refractivity contribution is 7.11. The standard InChI is InChI=1S/C5H4ClN3S/c6-2-1-4-8-9-5(3-7)10-4/h1-2H2. The van der Waals surface area contributed by atoms with Gasteiger partial charge in [-0.1, -0.05) is 11.3 Å². The molecule has 3 nitrogen and oxygen atoms in total. The first-order chi connectivity index (χ1) is 4.86. The van der Waals surface area contributed by atoms with Crippen molar-refractivity contribution < 1.29 is 0 Å². The number of hydrogen-bond acceptors (Lipinski definition) is 4. The molecule has 10 heavy (non-hydrogen) atoms. The van der Waals surface area contributed by atoms with Gasteiger partial charge in [0, 0.05) is 12.3 Å². The van der Waals surface area contributed by atoms with E-state index in [2.05, 4.69) is 10.2 Å². The van der Waals surface area contributed by atoms with Crippen LogP contribution in [-0.2, 0) is 6.42 Å². The Balaban J connectivity index is 2.71. The molecule has 0 saturated carbocycles. The Hall–Kier alpha value is -0.660. The zero-order valence-electron chi connectivity index (χ0n) is 5.04. The van der Waals surface area contributed by atoms with Gasteiger partial charge < -0.3 is 0 Å². The van der Waals surface area contributed by atoms with Crippen LogP contribution in [0.2, 0.25) is 0 Å². The number of alkyl halides is 1. The van der Waals surface area contributed by atoms with E-state index in [1.54, 1.807) is 0 Å². The minimum Gasteiger partial charge on any atom is -0.190 e. The number of halogens is 1. The van der Waals surface area contributed by atoms with Crippen LogP contribution in [0, 0.1) is 11.3 Å². The summed E-state index contributed by atoms with van der Waals surface area (Å²) in [6.07, 6.45) is 0.695. The lowest BCUT2D eigenvalue weighted by Crippen LogP contribution is -1.82. The quantitative estimate of drug-likeness (QED) is 0.632. The lowest BCUT2D eigenvalue weighted by atomic mass is 10.5. The van der Waals surface area contributed by atoms with Gasteiger partial charge in [-0.2, -0.15) is 5.26 Å². The largest absolute Gasteiger partial charge is 0.217 e. The molecule has 1 heterocycles. The maximum Gasteiger partial charge on any atom is 0.217 e. The summed E-state index contributed by atoms with van der Waals surface area (Å²) in [5.41, 5.74) is 0. The summed E-state index contributed by atoms with van der Waals surface area (Å²) in [5, 5.41) is 16.9. The van der Waals surface area contributed by atoms with E-state index < -0.39 is 0 Å². The van der Waals surface area contributed by atoms with E-state index in [0.29, 0.717) is 17.3 Å². The lowest BCUT2D eigenvalue weighted by molar-refractivity contribution is 0.979. The van der Waals surface area contributed by atoms with Gasteiger partial charge in [-0.25, -0.2) is 0 Å². The Morgan fingerprint density at radius 1 is 1.60 bits per heavy atom. The molecule has 5 heteroatoms. The van der Waals surface area contributed by atoms with Crippen molar-refractivity contribution in [3.8, 4) is 6.07 Å². The molecule has 0 atom stereocenters. The van der Waals surface area contributed by atoms with Crippen LogP contribution in [0.1, 0.15) is 10.0 Å². The van der Waals surface area contributed by atoms with Crippen molar-refractivity contribution in [2.24, 2.45) is 0 Å². The van der Waals surface area contributed by atoms with Crippen LogP contribution in [0.3, 0.4) is 0 Å². The molecule has 0 aromatic carbocycles. The molecule has 0 aliphatic rings. The third-order valence-electron chi connectivity index (χ3n) is 0.871. The van der Waals surface area contributed by atoms with Crippen LogP contribution >= 0.6 is 22.9 Å². The topological polar surface area (TPSA) is 49.6 Å². The average Bonchev–Trinajstić information content (AvgIpc) is 2.37. The molecule has 0 unspecified atom stereocenters. The van der Waals surface area contributed by atoms with Gasteiger partial charge in [0.05, 0.1) is 0 Å². The molecule has 1 aromatic rings. The molecule has 0 bridgehead atoms. The first kappa shape index (κ1) is 7.45. The third-order valence-corrected chi connectivity index (χ3v) is 1.95. The number of aromatic nitrogens is 2. The second kappa shape index (κ2) is 3.49. The van der Waals surface area contributed by atoms with Gasteiger partial charge in [0.15, 0.2) is 0 Å². The highest BCUT2D eigenvalue weighted by Gasteiger charge is 2.00. The Labute approximate surface area is 67.3 Å². The fraction of sp³-hybridized carbons (Fsp3) is 0.400. The number of rotatable bonds is 2. The van der Waals surface area contributed by atoms with Crippen LogP contribution in [0.4, 0.5) is 0 Å². The normalized spacial score (nSPS) is 9.20.